The molecule has 4 nitrogen and oxygen atoms in total. The minimum atomic E-state index is -4.80. The molecule has 0 amide bonds. The monoisotopic (exact) mass is 414 g/mol. The molecule has 0 spiro atoms. The number of pyridine rings is 1. The van der Waals surface area contributed by atoms with Crippen LogP contribution in [0.4, 0.5) is 32.0 Å². The fraction of sp³-hybridized carbons (Fsp3) is 0.105. The highest BCUT2D eigenvalue weighted by Crippen LogP contribution is 2.36. The molecule has 0 radical (unpaired) electrons. The quantitative estimate of drug-likeness (QED) is 0.549. The van der Waals surface area contributed by atoms with Crippen molar-refractivity contribution < 1.29 is 35.8 Å². The second-order valence-corrected chi connectivity index (χ2v) is 5.79. The van der Waals surface area contributed by atoms with E-state index in [4.69, 9.17) is 5.73 Å². The maximum Gasteiger partial charge on any atom is 0.573 e. The maximum atomic E-state index is 12.3. The summed E-state index contributed by atoms with van der Waals surface area (Å²) in [6, 6.07) is 10.1. The number of aromatic nitrogens is 1. The lowest BCUT2D eigenvalue weighted by Crippen LogP contribution is -2.16. The van der Waals surface area contributed by atoms with E-state index in [-0.39, 0.29) is 17.2 Å². The standard InChI is InChI=1S/C19H12F6N2O2/c20-18(21,22)28-13-5-1-11(2-6-13)15-9-27-10-16(17(15)26)12-3-7-14(8-4-12)29-19(23,24)25/h1-10H,(H2,26,27). The van der Waals surface area contributed by atoms with Gasteiger partial charge < -0.3 is 15.2 Å². The fourth-order valence-corrected chi connectivity index (χ4v) is 2.60. The Morgan fingerprint density at radius 3 is 1.28 bits per heavy atom. The lowest BCUT2D eigenvalue weighted by atomic mass is 9.99. The maximum absolute atomic E-state index is 12.3. The third-order valence-corrected chi connectivity index (χ3v) is 3.79. The number of hydrogen-bond donors (Lipinski definition) is 1. The molecule has 152 valence electrons. The van der Waals surface area contributed by atoms with Crippen molar-refractivity contribution in [3.63, 3.8) is 0 Å². The summed E-state index contributed by atoms with van der Waals surface area (Å²) >= 11 is 0. The molecule has 0 saturated heterocycles. The van der Waals surface area contributed by atoms with Gasteiger partial charge in [0.1, 0.15) is 11.5 Å². The molecular formula is C19H12F6N2O2. The minimum Gasteiger partial charge on any atom is -0.406 e. The molecule has 0 bridgehead atoms. The van der Waals surface area contributed by atoms with Crippen LogP contribution in [0.1, 0.15) is 0 Å². The van der Waals surface area contributed by atoms with Crippen molar-refractivity contribution in [3.8, 4) is 33.8 Å². The first kappa shape index (κ1) is 20.3. The zero-order valence-corrected chi connectivity index (χ0v) is 14.4. The minimum absolute atomic E-state index is 0.258. The van der Waals surface area contributed by atoms with Crippen LogP contribution in [0.15, 0.2) is 60.9 Å². The van der Waals surface area contributed by atoms with Gasteiger partial charge in [0.2, 0.25) is 0 Å². The van der Waals surface area contributed by atoms with Crippen LogP contribution in [0.5, 0.6) is 11.5 Å². The van der Waals surface area contributed by atoms with E-state index in [2.05, 4.69) is 14.5 Å². The molecule has 1 heterocycles. The second-order valence-electron chi connectivity index (χ2n) is 5.79. The van der Waals surface area contributed by atoms with Crippen LogP contribution in [-0.2, 0) is 0 Å². The van der Waals surface area contributed by atoms with Crippen LogP contribution in [0.3, 0.4) is 0 Å². The summed E-state index contributed by atoms with van der Waals surface area (Å²) in [6.07, 6.45) is -6.74. The molecule has 1 aromatic heterocycles. The zero-order valence-electron chi connectivity index (χ0n) is 14.4. The molecule has 3 rings (SSSR count). The van der Waals surface area contributed by atoms with E-state index >= 15 is 0 Å². The summed E-state index contributed by atoms with van der Waals surface area (Å²) < 4.78 is 81.2. The van der Waals surface area contributed by atoms with Gasteiger partial charge in [0.15, 0.2) is 0 Å². The van der Waals surface area contributed by atoms with E-state index in [1.165, 1.54) is 36.7 Å². The first-order chi connectivity index (χ1) is 13.5. The molecular weight excluding hydrogens is 402 g/mol. The van der Waals surface area contributed by atoms with Crippen molar-refractivity contribution in [2.75, 3.05) is 5.73 Å². The number of anilines is 1. The molecule has 0 fully saturated rings. The van der Waals surface area contributed by atoms with Crippen molar-refractivity contribution in [2.24, 2.45) is 0 Å². The Labute approximate surface area is 160 Å². The van der Waals surface area contributed by atoms with Crippen molar-refractivity contribution >= 4 is 5.69 Å². The summed E-state index contributed by atoms with van der Waals surface area (Å²) in [6.45, 7) is 0. The van der Waals surface area contributed by atoms with Crippen LogP contribution in [0, 0.1) is 0 Å². The van der Waals surface area contributed by atoms with E-state index in [1.807, 2.05) is 0 Å². The van der Waals surface area contributed by atoms with Gasteiger partial charge in [-0.3, -0.25) is 4.98 Å². The summed E-state index contributed by atoms with van der Waals surface area (Å²) in [7, 11) is 0. The number of alkyl halides is 6. The van der Waals surface area contributed by atoms with Gasteiger partial charge in [-0.1, -0.05) is 24.3 Å². The van der Waals surface area contributed by atoms with Gasteiger partial charge in [0.25, 0.3) is 0 Å². The van der Waals surface area contributed by atoms with Crippen LogP contribution >= 0.6 is 0 Å². The molecule has 29 heavy (non-hydrogen) atoms. The topological polar surface area (TPSA) is 57.4 Å². The molecule has 2 N–H and O–H groups in total. The predicted octanol–water partition coefficient (Wildman–Crippen LogP) is 5.80. The van der Waals surface area contributed by atoms with Crippen molar-refractivity contribution in [1.29, 1.82) is 0 Å². The van der Waals surface area contributed by atoms with E-state index in [1.54, 1.807) is 0 Å². The Hall–Kier alpha value is -3.43. The van der Waals surface area contributed by atoms with E-state index in [9.17, 15) is 26.3 Å². The van der Waals surface area contributed by atoms with Crippen molar-refractivity contribution in [3.05, 3.63) is 60.9 Å². The van der Waals surface area contributed by atoms with Crippen LogP contribution < -0.4 is 15.2 Å². The number of nitrogen functional groups attached to an aromatic ring is 1. The number of rotatable bonds is 4. The fourth-order valence-electron chi connectivity index (χ4n) is 2.60. The van der Waals surface area contributed by atoms with Crippen molar-refractivity contribution in [1.82, 2.24) is 4.98 Å². The first-order valence-corrected chi connectivity index (χ1v) is 7.98. The molecule has 0 aliphatic heterocycles. The van der Waals surface area contributed by atoms with E-state index < -0.39 is 12.7 Å². The number of nitrogens with two attached hydrogens (primary N) is 1. The highest BCUT2D eigenvalue weighted by Gasteiger charge is 2.31. The Morgan fingerprint density at radius 1 is 0.621 bits per heavy atom. The third kappa shape index (κ3) is 5.31. The molecule has 0 aliphatic carbocycles. The SMILES string of the molecule is Nc1c(-c2ccc(OC(F)(F)F)cc2)cncc1-c1ccc(OC(F)(F)F)cc1. The molecule has 0 atom stereocenters. The van der Waals surface area contributed by atoms with Crippen LogP contribution in [0.2, 0.25) is 0 Å². The number of nitrogens with zero attached hydrogens (tertiary/aromatic N) is 1. The molecule has 10 heteroatoms. The smallest absolute Gasteiger partial charge is 0.406 e. The molecule has 3 aromatic rings. The molecule has 2 aromatic carbocycles. The third-order valence-electron chi connectivity index (χ3n) is 3.79. The average Bonchev–Trinajstić information content (AvgIpc) is 2.61. The number of ether oxygens (including phenoxy) is 2. The van der Waals surface area contributed by atoms with Crippen molar-refractivity contribution in [2.45, 2.75) is 12.7 Å². The Balaban J connectivity index is 1.88. The van der Waals surface area contributed by atoms with Crippen LogP contribution in [-0.4, -0.2) is 17.7 Å². The van der Waals surface area contributed by atoms with Gasteiger partial charge in [-0.2, -0.15) is 0 Å². The number of hydrogen-bond acceptors (Lipinski definition) is 4. The molecule has 0 aliphatic rings. The van der Waals surface area contributed by atoms with Gasteiger partial charge in [-0.25, -0.2) is 0 Å². The van der Waals surface area contributed by atoms with Gasteiger partial charge in [0, 0.05) is 23.5 Å². The van der Waals surface area contributed by atoms with Crippen LogP contribution in [0.25, 0.3) is 22.3 Å². The van der Waals surface area contributed by atoms with E-state index in [0.29, 0.717) is 22.3 Å². The Bertz CT molecular complexity index is 906. The Kier molecular flexibility index (Phi) is 5.27. The summed E-state index contributed by atoms with van der Waals surface area (Å²) in [5.74, 6) is -0.770. The molecule has 0 saturated carbocycles. The van der Waals surface area contributed by atoms with Gasteiger partial charge in [-0.15, -0.1) is 26.3 Å². The van der Waals surface area contributed by atoms with Gasteiger partial charge in [0.05, 0.1) is 5.69 Å². The Morgan fingerprint density at radius 2 is 0.966 bits per heavy atom. The largest absolute Gasteiger partial charge is 0.573 e. The zero-order chi connectivity index (χ0) is 21.2. The lowest BCUT2D eigenvalue weighted by molar-refractivity contribution is -0.275. The molecule has 0 unspecified atom stereocenters. The normalized spacial score (nSPS) is 11.9. The second kappa shape index (κ2) is 7.53. The average molecular weight is 414 g/mol. The van der Waals surface area contributed by atoms with Gasteiger partial charge in [-0.05, 0) is 35.4 Å². The summed E-state index contributed by atoms with van der Waals surface area (Å²) in [5.41, 5.74) is 8.28. The summed E-state index contributed by atoms with van der Waals surface area (Å²) in [4.78, 5) is 4.06. The number of halogens is 6. The predicted molar refractivity (Wildman–Crippen MR) is 92.9 cm³/mol. The summed E-state index contributed by atoms with van der Waals surface area (Å²) in [5, 5.41) is 0. The van der Waals surface area contributed by atoms with Gasteiger partial charge >= 0.3 is 12.7 Å². The first-order valence-electron chi connectivity index (χ1n) is 7.98. The van der Waals surface area contributed by atoms with E-state index in [0.717, 1.165) is 24.3 Å². The number of benzene rings is 2. The highest BCUT2D eigenvalue weighted by atomic mass is 19.4. The highest BCUT2D eigenvalue weighted by molar-refractivity contribution is 5.88. The lowest BCUT2D eigenvalue weighted by Gasteiger charge is -2.13.